The zero-order valence-corrected chi connectivity index (χ0v) is 10.1. The van der Waals surface area contributed by atoms with Crippen LogP contribution in [0.25, 0.3) is 0 Å². The summed E-state index contributed by atoms with van der Waals surface area (Å²) in [5.74, 6) is 0. The van der Waals surface area contributed by atoms with Crippen LogP contribution in [0.2, 0.25) is 0 Å². The van der Waals surface area contributed by atoms with Gasteiger partial charge in [-0.3, -0.25) is 0 Å². The fourth-order valence-electron chi connectivity index (χ4n) is 0. The third-order valence-corrected chi connectivity index (χ3v) is 0. The van der Waals surface area contributed by atoms with Gasteiger partial charge in [0.25, 0.3) is 0 Å². The van der Waals surface area contributed by atoms with E-state index in [2.05, 4.69) is 0 Å². The Hall–Kier alpha value is 3.08. The zero-order valence-electron chi connectivity index (χ0n) is 2.34. The SMILES string of the molecule is [B].[Co].[Fe].[Ga].[Nd]. The van der Waals surface area contributed by atoms with Crippen molar-refractivity contribution in [2.24, 2.45) is 0 Å². The average molecular weight is 340 g/mol. The molecule has 0 spiro atoms. The van der Waals surface area contributed by atoms with Crippen LogP contribution in [0, 0.1) is 40.8 Å². The van der Waals surface area contributed by atoms with Crippen molar-refractivity contribution in [3.63, 3.8) is 0 Å². The Balaban J connectivity index is 0. The van der Waals surface area contributed by atoms with Crippen molar-refractivity contribution < 1.29 is 74.7 Å². The van der Waals surface area contributed by atoms with Crippen LogP contribution >= 0.6 is 0 Å². The molecule has 0 atom stereocenters. The van der Waals surface area contributed by atoms with Gasteiger partial charge in [-0.1, -0.05) is 0 Å². The molecule has 0 aromatic carbocycles. The van der Waals surface area contributed by atoms with Crippen LogP contribution < -0.4 is 0 Å². The smallest absolute Gasteiger partial charge is 0 e. The van der Waals surface area contributed by atoms with E-state index in [0.29, 0.717) is 0 Å². The Morgan fingerprint density at radius 1 is 1.00 bits per heavy atom. The minimum atomic E-state index is 0. The first-order valence-corrected chi connectivity index (χ1v) is 0. The molecule has 0 aromatic rings. The summed E-state index contributed by atoms with van der Waals surface area (Å²) in [4.78, 5) is 0. The molecule has 5 heteroatoms. The van der Waals surface area contributed by atoms with Crippen LogP contribution in [0.4, 0.5) is 0 Å². The standard InChI is InChI=1S/B.Co.Fe.Ga.Nd. The first-order chi connectivity index (χ1) is 0. The van der Waals surface area contributed by atoms with Crippen LogP contribution in [0.5, 0.6) is 0 Å². The summed E-state index contributed by atoms with van der Waals surface area (Å²) in [5.41, 5.74) is 0. The van der Waals surface area contributed by atoms with Crippen LogP contribution in [-0.2, 0) is 33.8 Å². The monoisotopic (exact) mass is 337 g/mol. The van der Waals surface area contributed by atoms with Crippen molar-refractivity contribution >= 4 is 28.2 Å². The molecular weight excluding hydrogens is 340 g/mol. The zero-order chi connectivity index (χ0) is 0. The molecule has 0 bridgehead atoms. The molecule has 0 amide bonds. The largest absolute Gasteiger partial charge is 0 e. The Morgan fingerprint density at radius 3 is 1.00 bits per heavy atom. The second kappa shape index (κ2) is 27.6. The molecule has 0 aliphatic carbocycles. The van der Waals surface area contributed by atoms with E-state index in [9.17, 15) is 0 Å². The van der Waals surface area contributed by atoms with Gasteiger partial charge in [0, 0.05) is 103 Å². The van der Waals surface area contributed by atoms with Crippen LogP contribution in [0.3, 0.4) is 0 Å². The quantitative estimate of drug-likeness (QED) is 0.509. The van der Waals surface area contributed by atoms with E-state index in [-0.39, 0.29) is 103 Å². The topological polar surface area (TPSA) is 0 Å². The van der Waals surface area contributed by atoms with Gasteiger partial charge in [-0.25, -0.2) is 0 Å². The minimum absolute atomic E-state index is 0. The van der Waals surface area contributed by atoms with Crippen LogP contribution in [0.1, 0.15) is 0 Å². The van der Waals surface area contributed by atoms with Gasteiger partial charge in [-0.15, -0.1) is 0 Å². The van der Waals surface area contributed by atoms with Gasteiger partial charge in [0.2, 0.25) is 0 Å². The number of hydrogen-bond donors (Lipinski definition) is 0. The van der Waals surface area contributed by atoms with Crippen molar-refractivity contribution in [3.8, 4) is 0 Å². The van der Waals surface area contributed by atoms with E-state index in [1.807, 2.05) is 0 Å². The van der Waals surface area contributed by atoms with Gasteiger partial charge in [0.15, 0.2) is 0 Å². The Labute approximate surface area is 101 Å². The van der Waals surface area contributed by atoms with Gasteiger partial charge >= 0.3 is 0 Å². The molecule has 0 aliphatic heterocycles. The number of rotatable bonds is 0. The first kappa shape index (κ1) is 42.7. The summed E-state index contributed by atoms with van der Waals surface area (Å²) in [5, 5.41) is 0. The fraction of sp³-hybridized carbons (Fsp3) is 0. The first-order valence-electron chi connectivity index (χ1n) is 0. The van der Waals surface area contributed by atoms with E-state index >= 15 is 0 Å². The van der Waals surface area contributed by atoms with Gasteiger partial charge in [0.05, 0.1) is 0 Å². The van der Waals surface area contributed by atoms with Crippen molar-refractivity contribution in [3.05, 3.63) is 0 Å². The molecule has 0 aliphatic rings. The summed E-state index contributed by atoms with van der Waals surface area (Å²) < 4.78 is 0. The fourth-order valence-corrected chi connectivity index (χ4v) is 0. The summed E-state index contributed by atoms with van der Waals surface area (Å²) >= 11 is 0. The molecule has 5 heavy (non-hydrogen) atoms. The maximum Gasteiger partial charge on any atom is 0 e. The molecule has 0 saturated carbocycles. The second-order valence-electron chi connectivity index (χ2n) is 0. The molecule has 0 nitrogen and oxygen atoms in total. The molecule has 7 radical (unpaired) electrons. The summed E-state index contributed by atoms with van der Waals surface area (Å²) in [6.07, 6.45) is 0. The second-order valence-corrected chi connectivity index (χ2v) is 0. The minimum Gasteiger partial charge on any atom is 0 e. The normalized spacial score (nSPS) is 0. The maximum absolute atomic E-state index is 0. The van der Waals surface area contributed by atoms with Crippen LogP contribution in [-0.4, -0.2) is 28.2 Å². The Morgan fingerprint density at radius 2 is 1.00 bits per heavy atom. The summed E-state index contributed by atoms with van der Waals surface area (Å²) in [6.45, 7) is 0. The average Bonchev–Trinajstić information content (AvgIpc) is 0. The Bertz CT molecular complexity index is 11.6. The summed E-state index contributed by atoms with van der Waals surface area (Å²) in [6, 6.07) is 0. The summed E-state index contributed by atoms with van der Waals surface area (Å²) in [7, 11) is 0. The van der Waals surface area contributed by atoms with Crippen LogP contribution in [0.15, 0.2) is 0 Å². The third-order valence-electron chi connectivity index (χ3n) is 0. The molecule has 0 rings (SSSR count). The van der Waals surface area contributed by atoms with Gasteiger partial charge in [-0.2, -0.15) is 0 Å². The molecule has 0 N–H and O–H groups in total. The van der Waals surface area contributed by atoms with Gasteiger partial charge < -0.3 is 0 Å². The van der Waals surface area contributed by atoms with Crippen molar-refractivity contribution in [1.82, 2.24) is 0 Å². The number of hydrogen-bond acceptors (Lipinski definition) is 0. The van der Waals surface area contributed by atoms with Gasteiger partial charge in [-0.05, 0) is 0 Å². The van der Waals surface area contributed by atoms with Crippen molar-refractivity contribution in [2.75, 3.05) is 0 Å². The van der Waals surface area contributed by atoms with E-state index < -0.39 is 0 Å². The molecule has 27 valence electrons. The molecule has 0 aromatic heterocycles. The van der Waals surface area contributed by atoms with E-state index in [1.165, 1.54) is 0 Å². The maximum atomic E-state index is 0. The Kier molecular flexibility index (Phi) is 236. The molecule has 0 heterocycles. The van der Waals surface area contributed by atoms with Crippen molar-refractivity contribution in [1.29, 1.82) is 0 Å². The molecule has 0 saturated heterocycles. The predicted octanol–water partition coefficient (Wildman–Crippen LogP) is -0.767. The molecule has 0 unspecified atom stereocenters. The molecular formula is BCoFeGaNd. The molecule has 0 fully saturated rings. The van der Waals surface area contributed by atoms with E-state index in [0.717, 1.165) is 0 Å². The predicted molar refractivity (Wildman–Crippen MR) is 11.5 cm³/mol. The van der Waals surface area contributed by atoms with E-state index in [4.69, 9.17) is 0 Å². The van der Waals surface area contributed by atoms with Gasteiger partial charge in [0.1, 0.15) is 0 Å². The van der Waals surface area contributed by atoms with E-state index in [1.54, 1.807) is 0 Å². The van der Waals surface area contributed by atoms with Crippen molar-refractivity contribution in [2.45, 2.75) is 0 Å². The third kappa shape index (κ3) is 19.3.